The highest BCUT2D eigenvalue weighted by molar-refractivity contribution is 5.63. The van der Waals surface area contributed by atoms with Crippen LogP contribution < -0.4 is 5.32 Å². The fourth-order valence-electron chi connectivity index (χ4n) is 4.48. The minimum Gasteiger partial charge on any atom is -0.377 e. The van der Waals surface area contributed by atoms with Gasteiger partial charge in [-0.3, -0.25) is 10.1 Å². The molecular formula is C21H33N3O3. The van der Waals surface area contributed by atoms with Crippen molar-refractivity contribution in [2.45, 2.75) is 83.6 Å². The summed E-state index contributed by atoms with van der Waals surface area (Å²) in [6.07, 6.45) is 7.59. The summed E-state index contributed by atoms with van der Waals surface area (Å²) in [4.78, 5) is 13.6. The van der Waals surface area contributed by atoms with E-state index in [1.165, 1.54) is 12.8 Å². The smallest absolute Gasteiger partial charge is 0.292 e. The summed E-state index contributed by atoms with van der Waals surface area (Å²) in [6.45, 7) is 8.33. The second kappa shape index (κ2) is 9.02. The number of hydrogen-bond donors (Lipinski definition) is 1. The Kier molecular flexibility index (Phi) is 6.71. The standard InChI is InChI=1S/C21H33N3O3/c1-15(2)27-19-7-5-18(6-8-19)23-12-10-17(11-13-23)22-20-14-16(3)4-9-21(20)24(25)26/h4,9,14-15,17-19,22H,5-8,10-13H2,1-3H3/t18-,19+. The summed E-state index contributed by atoms with van der Waals surface area (Å²) in [6, 6.07) is 6.27. The zero-order chi connectivity index (χ0) is 19.4. The van der Waals surface area contributed by atoms with Gasteiger partial charge in [0.1, 0.15) is 5.69 Å². The van der Waals surface area contributed by atoms with Crippen LogP contribution in [0, 0.1) is 17.0 Å². The van der Waals surface area contributed by atoms with E-state index in [1.807, 2.05) is 13.0 Å². The van der Waals surface area contributed by atoms with Gasteiger partial charge in [-0.05, 0) is 70.9 Å². The van der Waals surface area contributed by atoms with Crippen LogP contribution in [-0.4, -0.2) is 47.2 Å². The van der Waals surface area contributed by atoms with Gasteiger partial charge in [-0.25, -0.2) is 0 Å². The van der Waals surface area contributed by atoms with Gasteiger partial charge >= 0.3 is 0 Å². The topological polar surface area (TPSA) is 67.6 Å². The molecule has 0 spiro atoms. The molecule has 1 N–H and O–H groups in total. The lowest BCUT2D eigenvalue weighted by Gasteiger charge is -2.41. The zero-order valence-corrected chi connectivity index (χ0v) is 16.8. The number of anilines is 1. The molecule has 0 unspecified atom stereocenters. The number of ether oxygens (including phenoxy) is 1. The largest absolute Gasteiger partial charge is 0.377 e. The summed E-state index contributed by atoms with van der Waals surface area (Å²) in [5.41, 5.74) is 1.87. The molecule has 1 saturated heterocycles. The molecule has 0 atom stereocenters. The number of piperidine rings is 1. The molecule has 1 heterocycles. The van der Waals surface area contributed by atoms with Crippen molar-refractivity contribution in [2.24, 2.45) is 0 Å². The molecule has 3 rings (SSSR count). The molecule has 1 saturated carbocycles. The molecule has 0 aromatic heterocycles. The number of likely N-dealkylation sites (tertiary alicyclic amines) is 1. The van der Waals surface area contributed by atoms with E-state index in [4.69, 9.17) is 4.74 Å². The van der Waals surface area contributed by atoms with E-state index in [0.717, 1.165) is 44.3 Å². The highest BCUT2D eigenvalue weighted by atomic mass is 16.6. The van der Waals surface area contributed by atoms with Crippen molar-refractivity contribution < 1.29 is 9.66 Å². The average molecular weight is 376 g/mol. The van der Waals surface area contributed by atoms with Gasteiger partial charge < -0.3 is 15.0 Å². The van der Waals surface area contributed by atoms with E-state index in [9.17, 15) is 10.1 Å². The summed E-state index contributed by atoms with van der Waals surface area (Å²) < 4.78 is 5.97. The van der Waals surface area contributed by atoms with Gasteiger partial charge in [-0.1, -0.05) is 6.07 Å². The number of benzene rings is 1. The number of nitrogens with one attached hydrogen (secondary N) is 1. The van der Waals surface area contributed by atoms with Crippen molar-refractivity contribution >= 4 is 11.4 Å². The minimum atomic E-state index is -0.297. The molecule has 1 aliphatic heterocycles. The van der Waals surface area contributed by atoms with E-state index in [0.29, 0.717) is 30.0 Å². The number of nitro groups is 1. The first kappa shape index (κ1) is 20.1. The highest BCUT2D eigenvalue weighted by Gasteiger charge is 2.30. The molecule has 2 aliphatic rings. The predicted molar refractivity (Wildman–Crippen MR) is 108 cm³/mol. The first-order valence-corrected chi connectivity index (χ1v) is 10.3. The number of nitro benzene ring substituents is 1. The van der Waals surface area contributed by atoms with Crippen molar-refractivity contribution in [3.63, 3.8) is 0 Å². The van der Waals surface area contributed by atoms with Crippen molar-refractivity contribution in [2.75, 3.05) is 18.4 Å². The molecule has 1 aromatic carbocycles. The Balaban J connectivity index is 1.49. The van der Waals surface area contributed by atoms with E-state index in [1.54, 1.807) is 12.1 Å². The van der Waals surface area contributed by atoms with Gasteiger partial charge in [0.15, 0.2) is 0 Å². The lowest BCUT2D eigenvalue weighted by Crippen LogP contribution is -2.46. The van der Waals surface area contributed by atoms with Crippen LogP contribution in [0.2, 0.25) is 0 Å². The molecule has 0 amide bonds. The van der Waals surface area contributed by atoms with Gasteiger partial charge in [-0.15, -0.1) is 0 Å². The number of aryl methyl sites for hydroxylation is 1. The third-order valence-electron chi connectivity index (χ3n) is 5.86. The van der Waals surface area contributed by atoms with Gasteiger partial charge in [0.25, 0.3) is 5.69 Å². The van der Waals surface area contributed by atoms with Crippen molar-refractivity contribution in [3.05, 3.63) is 33.9 Å². The molecule has 27 heavy (non-hydrogen) atoms. The Bertz CT molecular complexity index is 634. The second-order valence-electron chi connectivity index (χ2n) is 8.35. The molecule has 0 bridgehead atoms. The predicted octanol–water partition coefficient (Wildman–Crippen LogP) is 4.52. The SMILES string of the molecule is Cc1ccc([N+](=O)[O-])c(NC2CCN([C@H]3CC[C@@H](OC(C)C)CC3)CC2)c1. The Morgan fingerprint density at radius 1 is 1.15 bits per heavy atom. The van der Waals surface area contributed by atoms with Crippen LogP contribution in [0.3, 0.4) is 0 Å². The summed E-state index contributed by atoms with van der Waals surface area (Å²) in [5, 5.41) is 14.7. The second-order valence-corrected chi connectivity index (χ2v) is 8.35. The van der Waals surface area contributed by atoms with Gasteiger partial charge in [-0.2, -0.15) is 0 Å². The molecule has 0 radical (unpaired) electrons. The maximum Gasteiger partial charge on any atom is 0.292 e. The highest BCUT2D eigenvalue weighted by Crippen LogP contribution is 2.30. The normalized spacial score (nSPS) is 24.9. The summed E-state index contributed by atoms with van der Waals surface area (Å²) in [7, 11) is 0. The van der Waals surface area contributed by atoms with Crippen molar-refractivity contribution in [1.29, 1.82) is 0 Å². The maximum atomic E-state index is 11.3. The van der Waals surface area contributed by atoms with Gasteiger partial charge in [0, 0.05) is 31.2 Å². The van der Waals surface area contributed by atoms with Crippen LogP contribution in [0.5, 0.6) is 0 Å². The average Bonchev–Trinajstić information content (AvgIpc) is 2.62. The minimum absolute atomic E-state index is 0.173. The van der Waals surface area contributed by atoms with E-state index >= 15 is 0 Å². The molecule has 6 heteroatoms. The number of hydrogen-bond acceptors (Lipinski definition) is 5. The fraction of sp³-hybridized carbons (Fsp3) is 0.714. The zero-order valence-electron chi connectivity index (χ0n) is 16.8. The lowest BCUT2D eigenvalue weighted by atomic mass is 9.90. The molecule has 150 valence electrons. The van der Waals surface area contributed by atoms with E-state index in [2.05, 4.69) is 24.1 Å². The Morgan fingerprint density at radius 3 is 2.41 bits per heavy atom. The monoisotopic (exact) mass is 375 g/mol. The Morgan fingerprint density at radius 2 is 1.81 bits per heavy atom. The van der Waals surface area contributed by atoms with Gasteiger partial charge in [0.05, 0.1) is 17.1 Å². The first-order valence-electron chi connectivity index (χ1n) is 10.3. The van der Waals surface area contributed by atoms with Crippen molar-refractivity contribution in [3.8, 4) is 0 Å². The molecule has 1 aliphatic carbocycles. The number of rotatable bonds is 6. The first-order chi connectivity index (χ1) is 12.9. The Hall–Kier alpha value is -1.66. The Labute approximate surface area is 162 Å². The van der Waals surface area contributed by atoms with Crippen molar-refractivity contribution in [1.82, 2.24) is 4.90 Å². The summed E-state index contributed by atoms with van der Waals surface area (Å²) >= 11 is 0. The van der Waals surface area contributed by atoms with Crippen LogP contribution in [0.1, 0.15) is 57.9 Å². The van der Waals surface area contributed by atoms with Crippen LogP contribution in [0.4, 0.5) is 11.4 Å². The van der Waals surface area contributed by atoms with E-state index in [-0.39, 0.29) is 10.6 Å². The van der Waals surface area contributed by atoms with Gasteiger partial charge in [0.2, 0.25) is 0 Å². The summed E-state index contributed by atoms with van der Waals surface area (Å²) in [5.74, 6) is 0. The molecule has 6 nitrogen and oxygen atoms in total. The quantitative estimate of drug-likeness (QED) is 0.585. The maximum absolute atomic E-state index is 11.3. The molecule has 2 fully saturated rings. The third-order valence-corrected chi connectivity index (χ3v) is 5.86. The third kappa shape index (κ3) is 5.42. The molecular weight excluding hydrogens is 342 g/mol. The van der Waals surface area contributed by atoms with E-state index < -0.39 is 0 Å². The fourth-order valence-corrected chi connectivity index (χ4v) is 4.48. The number of nitrogens with zero attached hydrogens (tertiary/aromatic N) is 2. The van der Waals surface area contributed by atoms with Crippen LogP contribution >= 0.6 is 0 Å². The van der Waals surface area contributed by atoms with Crippen LogP contribution in [0.15, 0.2) is 18.2 Å². The van der Waals surface area contributed by atoms with Crippen LogP contribution in [0.25, 0.3) is 0 Å². The molecule has 1 aromatic rings. The lowest BCUT2D eigenvalue weighted by molar-refractivity contribution is -0.384. The van der Waals surface area contributed by atoms with Crippen LogP contribution in [-0.2, 0) is 4.74 Å².